The van der Waals surface area contributed by atoms with Crippen LogP contribution in [-0.2, 0) is 4.74 Å². The van der Waals surface area contributed by atoms with E-state index in [1.54, 1.807) is 6.92 Å². The molecule has 2 aliphatic rings. The van der Waals surface area contributed by atoms with Crippen LogP contribution >= 0.6 is 0 Å². The zero-order chi connectivity index (χ0) is 14.0. The monoisotopic (exact) mass is 270 g/mol. The fourth-order valence-electron chi connectivity index (χ4n) is 4.16. The van der Waals surface area contributed by atoms with Gasteiger partial charge in [0.15, 0.2) is 0 Å². The lowest BCUT2D eigenvalue weighted by Gasteiger charge is -2.38. The van der Waals surface area contributed by atoms with Crippen LogP contribution in [0.1, 0.15) is 40.0 Å². The highest BCUT2D eigenvalue weighted by Crippen LogP contribution is 2.42. The van der Waals surface area contributed by atoms with Gasteiger partial charge in [-0.15, -0.1) is 0 Å². The first-order valence-electron chi connectivity index (χ1n) is 7.80. The predicted octanol–water partition coefficient (Wildman–Crippen LogP) is 1.12. The van der Waals surface area contributed by atoms with E-state index in [9.17, 15) is 5.11 Å². The van der Waals surface area contributed by atoms with Crippen LogP contribution in [0.25, 0.3) is 0 Å². The van der Waals surface area contributed by atoms with Crippen molar-refractivity contribution in [3.8, 4) is 0 Å². The Hall–Kier alpha value is -0.160. The maximum Gasteiger partial charge on any atom is 0.0745 e. The van der Waals surface area contributed by atoms with Gasteiger partial charge in [0.25, 0.3) is 0 Å². The van der Waals surface area contributed by atoms with Gasteiger partial charge in [-0.2, -0.15) is 0 Å². The number of fused-ring (bicyclic) bond motifs is 1. The Bertz CT molecular complexity index is 285. The fourth-order valence-corrected chi connectivity index (χ4v) is 4.16. The number of hydrogen-bond donors (Lipinski definition) is 3. The van der Waals surface area contributed by atoms with Gasteiger partial charge < -0.3 is 20.9 Å². The number of nitrogens with two attached hydrogens (primary N) is 1. The van der Waals surface area contributed by atoms with Crippen molar-refractivity contribution in [2.75, 3.05) is 13.2 Å². The van der Waals surface area contributed by atoms with E-state index in [1.807, 2.05) is 0 Å². The molecular weight excluding hydrogens is 240 g/mol. The average molecular weight is 270 g/mol. The van der Waals surface area contributed by atoms with E-state index in [0.29, 0.717) is 36.4 Å². The van der Waals surface area contributed by atoms with Crippen molar-refractivity contribution in [1.82, 2.24) is 5.32 Å². The second-order valence-electron chi connectivity index (χ2n) is 6.58. The summed E-state index contributed by atoms with van der Waals surface area (Å²) in [5.74, 6) is 1.67. The highest BCUT2D eigenvalue weighted by molar-refractivity contribution is 5.02. The van der Waals surface area contributed by atoms with Gasteiger partial charge in [0.1, 0.15) is 0 Å². The molecule has 1 heterocycles. The van der Waals surface area contributed by atoms with Crippen LogP contribution in [0, 0.1) is 17.8 Å². The van der Waals surface area contributed by atoms with Gasteiger partial charge in [-0.25, -0.2) is 0 Å². The van der Waals surface area contributed by atoms with Gasteiger partial charge in [-0.3, -0.25) is 0 Å². The molecule has 3 unspecified atom stereocenters. The summed E-state index contributed by atoms with van der Waals surface area (Å²) in [4.78, 5) is 0. The summed E-state index contributed by atoms with van der Waals surface area (Å²) in [5.41, 5.74) is 5.89. The van der Waals surface area contributed by atoms with Crippen LogP contribution in [0.2, 0.25) is 0 Å². The van der Waals surface area contributed by atoms with Crippen molar-refractivity contribution in [3.63, 3.8) is 0 Å². The molecule has 0 spiro atoms. The molecule has 0 aromatic rings. The summed E-state index contributed by atoms with van der Waals surface area (Å²) in [6.07, 6.45) is 3.49. The van der Waals surface area contributed by atoms with Crippen molar-refractivity contribution in [2.24, 2.45) is 23.5 Å². The van der Waals surface area contributed by atoms with E-state index in [-0.39, 0.29) is 12.2 Å². The van der Waals surface area contributed by atoms with Crippen molar-refractivity contribution >= 4 is 0 Å². The minimum Gasteiger partial charge on any atom is -0.391 e. The molecule has 4 nitrogen and oxygen atoms in total. The largest absolute Gasteiger partial charge is 0.391 e. The number of nitrogens with one attached hydrogen (secondary N) is 1. The van der Waals surface area contributed by atoms with Crippen molar-refractivity contribution in [2.45, 2.75) is 64.3 Å². The number of ether oxygens (including phenoxy) is 1. The Balaban J connectivity index is 2.07. The highest BCUT2D eigenvalue weighted by Gasteiger charge is 2.48. The molecule has 7 atom stereocenters. The molecule has 1 aliphatic carbocycles. The number of aliphatic hydroxyl groups is 1. The molecule has 0 bridgehead atoms. The normalized spacial score (nSPS) is 41.8. The summed E-state index contributed by atoms with van der Waals surface area (Å²) >= 11 is 0. The Morgan fingerprint density at radius 1 is 1.37 bits per heavy atom. The maximum atomic E-state index is 9.44. The molecule has 112 valence electrons. The molecule has 0 amide bonds. The molecule has 2 rings (SSSR count). The molecular formula is C15H30N2O2. The molecule has 4 heteroatoms. The maximum absolute atomic E-state index is 9.44. The van der Waals surface area contributed by atoms with Crippen LogP contribution in [0.4, 0.5) is 0 Å². The highest BCUT2D eigenvalue weighted by atomic mass is 16.5. The summed E-state index contributed by atoms with van der Waals surface area (Å²) in [6, 6.07) is 1.09. The smallest absolute Gasteiger partial charge is 0.0745 e. The van der Waals surface area contributed by atoms with E-state index in [0.717, 1.165) is 13.0 Å². The Morgan fingerprint density at radius 3 is 2.74 bits per heavy atom. The van der Waals surface area contributed by atoms with Gasteiger partial charge in [0.2, 0.25) is 0 Å². The van der Waals surface area contributed by atoms with E-state index < -0.39 is 0 Å². The number of hydrogen-bond acceptors (Lipinski definition) is 4. The third-order valence-corrected chi connectivity index (χ3v) is 4.98. The van der Waals surface area contributed by atoms with Gasteiger partial charge in [-0.05, 0) is 51.5 Å². The first-order valence-corrected chi connectivity index (χ1v) is 7.80. The van der Waals surface area contributed by atoms with Crippen molar-refractivity contribution < 1.29 is 9.84 Å². The Kier molecular flexibility index (Phi) is 5.23. The standard InChI is InChI=1S/C15H30N2O2/c1-9(7-16)14-11(3)17-12-5-4-6-13(15(12)14)19-8-10(2)18/h9-15,17-18H,4-8,16H2,1-3H3/t9-,10+,11?,12-,13?,14?,15-/m1/s1. The lowest BCUT2D eigenvalue weighted by molar-refractivity contribution is -0.0616. The van der Waals surface area contributed by atoms with Gasteiger partial charge in [-0.1, -0.05) is 6.92 Å². The molecule has 4 N–H and O–H groups in total. The topological polar surface area (TPSA) is 67.5 Å². The minimum atomic E-state index is -0.377. The van der Waals surface area contributed by atoms with Crippen LogP contribution in [0.5, 0.6) is 0 Å². The average Bonchev–Trinajstić information content (AvgIpc) is 2.71. The lowest BCUT2D eigenvalue weighted by atomic mass is 9.71. The van der Waals surface area contributed by atoms with E-state index in [1.165, 1.54) is 12.8 Å². The van der Waals surface area contributed by atoms with Crippen molar-refractivity contribution in [3.05, 3.63) is 0 Å². The molecule has 1 saturated heterocycles. The van der Waals surface area contributed by atoms with Crippen molar-refractivity contribution in [1.29, 1.82) is 0 Å². The van der Waals surface area contributed by atoms with Gasteiger partial charge >= 0.3 is 0 Å². The summed E-state index contributed by atoms with van der Waals surface area (Å²) in [7, 11) is 0. The number of aliphatic hydroxyl groups excluding tert-OH is 1. The molecule has 0 radical (unpaired) electrons. The summed E-state index contributed by atoms with van der Waals surface area (Å²) in [6.45, 7) is 7.51. The van der Waals surface area contributed by atoms with E-state index in [2.05, 4.69) is 19.2 Å². The Labute approximate surface area is 117 Å². The van der Waals surface area contributed by atoms with E-state index in [4.69, 9.17) is 10.5 Å². The summed E-state index contributed by atoms with van der Waals surface area (Å²) in [5, 5.41) is 13.2. The van der Waals surface area contributed by atoms with Gasteiger partial charge in [0.05, 0.1) is 18.8 Å². The second-order valence-corrected chi connectivity index (χ2v) is 6.58. The molecule has 0 aromatic heterocycles. The first kappa shape index (κ1) is 15.2. The number of rotatable bonds is 5. The van der Waals surface area contributed by atoms with Crippen LogP contribution in [0.3, 0.4) is 0 Å². The quantitative estimate of drug-likeness (QED) is 0.700. The first-order chi connectivity index (χ1) is 9.04. The second kappa shape index (κ2) is 6.53. The lowest BCUT2D eigenvalue weighted by Crippen LogP contribution is -2.43. The molecule has 1 saturated carbocycles. The molecule has 1 aliphatic heterocycles. The SMILES string of the molecule is CC1N[C@@H]2CCCC(OC[C@H](C)O)[C@@H]2C1[C@H](C)CN. The van der Waals surface area contributed by atoms with Crippen LogP contribution < -0.4 is 11.1 Å². The molecule has 2 fully saturated rings. The fraction of sp³-hybridized carbons (Fsp3) is 1.00. The van der Waals surface area contributed by atoms with E-state index >= 15 is 0 Å². The summed E-state index contributed by atoms with van der Waals surface area (Å²) < 4.78 is 6.00. The molecule has 19 heavy (non-hydrogen) atoms. The third-order valence-electron chi connectivity index (χ3n) is 4.98. The van der Waals surface area contributed by atoms with Gasteiger partial charge in [0, 0.05) is 18.0 Å². The molecule has 0 aromatic carbocycles. The minimum absolute atomic E-state index is 0.282. The predicted molar refractivity (Wildman–Crippen MR) is 76.9 cm³/mol. The van der Waals surface area contributed by atoms with Crippen LogP contribution in [0.15, 0.2) is 0 Å². The zero-order valence-corrected chi connectivity index (χ0v) is 12.5. The third kappa shape index (κ3) is 3.30. The zero-order valence-electron chi connectivity index (χ0n) is 12.5. The van der Waals surface area contributed by atoms with Crippen LogP contribution in [-0.4, -0.2) is 42.5 Å². The Morgan fingerprint density at radius 2 is 2.11 bits per heavy atom.